The molecular weight excluding hydrogens is 321 g/mol. The Morgan fingerprint density at radius 3 is 2.65 bits per heavy atom. The van der Waals surface area contributed by atoms with Crippen molar-refractivity contribution in [3.63, 3.8) is 0 Å². The number of aromatic nitrogens is 2. The number of hydrogen-bond donors (Lipinski definition) is 2. The topological polar surface area (TPSA) is 67.2 Å². The number of aliphatic hydroxyl groups excluding tert-OH is 1. The zero-order valence-electron chi connectivity index (χ0n) is 13.2. The number of rotatable bonds is 5. The molecule has 0 bridgehead atoms. The van der Waals surface area contributed by atoms with Crippen molar-refractivity contribution in [1.82, 2.24) is 15.1 Å². The lowest BCUT2D eigenvalue weighted by Gasteiger charge is -2.17. The van der Waals surface area contributed by atoms with Crippen molar-refractivity contribution in [3.8, 4) is 0 Å². The van der Waals surface area contributed by atoms with E-state index in [-0.39, 0.29) is 23.5 Å². The normalized spacial score (nSPS) is 12.5. The number of benzene rings is 1. The van der Waals surface area contributed by atoms with Gasteiger partial charge in [0.05, 0.1) is 23.4 Å². The van der Waals surface area contributed by atoms with E-state index in [0.717, 1.165) is 5.69 Å². The van der Waals surface area contributed by atoms with Crippen molar-refractivity contribution in [3.05, 3.63) is 52.1 Å². The fourth-order valence-corrected chi connectivity index (χ4v) is 2.30. The Morgan fingerprint density at radius 2 is 2.13 bits per heavy atom. The van der Waals surface area contributed by atoms with E-state index in [4.69, 9.17) is 11.6 Å². The van der Waals surface area contributed by atoms with E-state index >= 15 is 0 Å². The maximum Gasteiger partial charge on any atom is 0.270 e. The highest BCUT2D eigenvalue weighted by molar-refractivity contribution is 6.30. The van der Waals surface area contributed by atoms with Gasteiger partial charge in [-0.3, -0.25) is 9.48 Å². The zero-order chi connectivity index (χ0) is 17.1. The number of hydrogen-bond acceptors (Lipinski definition) is 3. The van der Waals surface area contributed by atoms with Crippen molar-refractivity contribution >= 4 is 17.5 Å². The summed E-state index contributed by atoms with van der Waals surface area (Å²) in [6, 6.07) is 5.13. The lowest BCUT2D eigenvalue weighted by Crippen LogP contribution is -2.32. The minimum Gasteiger partial charge on any atom is -0.394 e. The Labute approximate surface area is 139 Å². The highest BCUT2D eigenvalue weighted by atomic mass is 35.5. The first kappa shape index (κ1) is 17.4. The van der Waals surface area contributed by atoms with Gasteiger partial charge in [-0.1, -0.05) is 31.5 Å². The molecule has 0 fully saturated rings. The molecule has 0 radical (unpaired) electrons. The predicted octanol–water partition coefficient (Wildman–Crippen LogP) is 2.80. The van der Waals surface area contributed by atoms with Crippen molar-refractivity contribution in [2.24, 2.45) is 7.05 Å². The van der Waals surface area contributed by atoms with Gasteiger partial charge in [0.15, 0.2) is 0 Å². The molecule has 1 amide bonds. The molecule has 23 heavy (non-hydrogen) atoms. The molecule has 1 heterocycles. The number of carbonyl (C=O) groups is 1. The molecule has 1 aromatic heterocycles. The number of halogens is 2. The smallest absolute Gasteiger partial charge is 0.270 e. The van der Waals surface area contributed by atoms with Crippen LogP contribution in [-0.4, -0.2) is 27.4 Å². The second-order valence-electron chi connectivity index (χ2n) is 5.61. The first-order valence-corrected chi connectivity index (χ1v) is 7.62. The highest BCUT2D eigenvalue weighted by Gasteiger charge is 2.20. The minimum atomic E-state index is -0.730. The Hall–Kier alpha value is -1.92. The Bertz CT molecular complexity index is 715. The Kier molecular flexibility index (Phi) is 5.38. The van der Waals surface area contributed by atoms with Gasteiger partial charge in [0.2, 0.25) is 0 Å². The van der Waals surface area contributed by atoms with Gasteiger partial charge in [-0.05, 0) is 29.7 Å². The second-order valence-corrected chi connectivity index (χ2v) is 6.02. The van der Waals surface area contributed by atoms with Gasteiger partial charge in [-0.15, -0.1) is 0 Å². The Balaban J connectivity index is 2.21. The number of nitrogens with one attached hydrogen (secondary N) is 1. The van der Waals surface area contributed by atoms with Crippen LogP contribution in [0.5, 0.6) is 0 Å². The second kappa shape index (κ2) is 7.10. The number of amides is 1. The quantitative estimate of drug-likeness (QED) is 0.880. The third-order valence-corrected chi connectivity index (χ3v) is 3.86. The number of nitrogens with zero attached hydrogens (tertiary/aromatic N) is 2. The van der Waals surface area contributed by atoms with E-state index in [1.807, 2.05) is 13.8 Å². The maximum atomic E-state index is 13.6. The summed E-state index contributed by atoms with van der Waals surface area (Å²) in [5.74, 6) is -0.789. The average Bonchev–Trinajstić information content (AvgIpc) is 2.90. The minimum absolute atomic E-state index is 0.00928. The molecule has 1 unspecified atom stereocenters. The fraction of sp³-hybridized carbons (Fsp3) is 0.375. The van der Waals surface area contributed by atoms with Gasteiger partial charge >= 0.3 is 0 Å². The van der Waals surface area contributed by atoms with Crippen LogP contribution in [0.1, 0.15) is 47.6 Å². The molecule has 124 valence electrons. The van der Waals surface area contributed by atoms with Crippen LogP contribution < -0.4 is 5.32 Å². The molecule has 0 saturated heterocycles. The van der Waals surface area contributed by atoms with Crippen molar-refractivity contribution in [2.75, 3.05) is 6.61 Å². The fourth-order valence-electron chi connectivity index (χ4n) is 2.18. The first-order chi connectivity index (χ1) is 10.8. The van der Waals surface area contributed by atoms with Crippen LogP contribution in [0.2, 0.25) is 5.02 Å². The number of aliphatic hydroxyl groups is 1. The summed E-state index contributed by atoms with van der Waals surface area (Å²) in [4.78, 5) is 12.4. The predicted molar refractivity (Wildman–Crippen MR) is 86.0 cm³/mol. The number of carbonyl (C=O) groups excluding carboxylic acids is 1. The van der Waals surface area contributed by atoms with Crippen molar-refractivity contribution in [1.29, 1.82) is 0 Å². The van der Waals surface area contributed by atoms with Crippen molar-refractivity contribution < 1.29 is 14.3 Å². The molecule has 2 rings (SSSR count). The van der Waals surface area contributed by atoms with E-state index < -0.39 is 11.9 Å². The molecular formula is C16H19ClFN3O2. The molecule has 0 aliphatic carbocycles. The molecule has 7 heteroatoms. The third kappa shape index (κ3) is 3.89. The first-order valence-electron chi connectivity index (χ1n) is 7.24. The molecule has 0 spiro atoms. The van der Waals surface area contributed by atoms with E-state index in [2.05, 4.69) is 10.4 Å². The van der Waals surface area contributed by atoms with Crippen LogP contribution in [0, 0.1) is 5.82 Å². The van der Waals surface area contributed by atoms with E-state index in [9.17, 15) is 14.3 Å². The monoisotopic (exact) mass is 339 g/mol. The summed E-state index contributed by atoms with van der Waals surface area (Å²) >= 11 is 5.65. The van der Waals surface area contributed by atoms with E-state index in [1.54, 1.807) is 19.2 Å². The largest absolute Gasteiger partial charge is 0.394 e. The summed E-state index contributed by atoms with van der Waals surface area (Å²) in [5.41, 5.74) is 1.62. The summed E-state index contributed by atoms with van der Waals surface area (Å²) in [7, 11) is 1.68. The average molecular weight is 340 g/mol. The summed E-state index contributed by atoms with van der Waals surface area (Å²) in [5, 5.41) is 16.5. The molecule has 0 aliphatic heterocycles. The molecule has 1 aromatic carbocycles. The van der Waals surface area contributed by atoms with Gasteiger partial charge < -0.3 is 10.4 Å². The van der Waals surface area contributed by atoms with Crippen molar-refractivity contribution in [2.45, 2.75) is 25.8 Å². The van der Waals surface area contributed by atoms with Crippen LogP contribution >= 0.6 is 11.6 Å². The van der Waals surface area contributed by atoms with Crippen LogP contribution in [0.4, 0.5) is 4.39 Å². The molecule has 2 N–H and O–H groups in total. The Morgan fingerprint density at radius 1 is 1.43 bits per heavy atom. The lowest BCUT2D eigenvalue weighted by atomic mass is 10.1. The van der Waals surface area contributed by atoms with Crippen LogP contribution in [0.15, 0.2) is 24.3 Å². The molecule has 2 aromatic rings. The van der Waals surface area contributed by atoms with Gasteiger partial charge in [0.1, 0.15) is 11.5 Å². The maximum absolute atomic E-state index is 13.6. The van der Waals surface area contributed by atoms with Gasteiger partial charge in [-0.2, -0.15) is 5.10 Å². The van der Waals surface area contributed by atoms with Gasteiger partial charge in [-0.25, -0.2) is 4.39 Å². The summed E-state index contributed by atoms with van der Waals surface area (Å²) < 4.78 is 15.0. The summed E-state index contributed by atoms with van der Waals surface area (Å²) in [6.07, 6.45) is 0. The van der Waals surface area contributed by atoms with E-state index in [0.29, 0.717) is 11.3 Å². The highest BCUT2D eigenvalue weighted by Crippen LogP contribution is 2.21. The van der Waals surface area contributed by atoms with Gasteiger partial charge in [0.25, 0.3) is 5.91 Å². The summed E-state index contributed by atoms with van der Waals surface area (Å²) in [6.45, 7) is 3.61. The van der Waals surface area contributed by atoms with Crippen LogP contribution in [0.3, 0.4) is 0 Å². The SMILES string of the molecule is CC(C)c1cc(C(=O)NC(CO)c2ccc(Cl)c(F)c2)n(C)n1. The molecule has 1 atom stereocenters. The standard InChI is InChI=1S/C16H19ClFN3O2/c1-9(2)13-7-15(21(3)20-13)16(23)19-14(8-22)10-4-5-11(17)12(18)6-10/h4-7,9,14,22H,8H2,1-3H3,(H,19,23). The number of aryl methyl sites for hydroxylation is 1. The molecule has 0 saturated carbocycles. The van der Waals surface area contributed by atoms with Gasteiger partial charge in [0, 0.05) is 7.05 Å². The third-order valence-electron chi connectivity index (χ3n) is 3.56. The van der Waals surface area contributed by atoms with Crippen LogP contribution in [0.25, 0.3) is 0 Å². The zero-order valence-corrected chi connectivity index (χ0v) is 13.9. The molecule has 0 aliphatic rings. The lowest BCUT2D eigenvalue weighted by molar-refractivity contribution is 0.0906. The molecule has 5 nitrogen and oxygen atoms in total. The van der Waals surface area contributed by atoms with Crippen LogP contribution in [-0.2, 0) is 7.05 Å². The van der Waals surface area contributed by atoms with E-state index in [1.165, 1.54) is 16.8 Å².